The molecule has 2 aromatic heterocycles. The Labute approximate surface area is 237 Å². The van der Waals surface area contributed by atoms with Crippen molar-refractivity contribution < 1.29 is 23.4 Å². The van der Waals surface area contributed by atoms with Crippen LogP contribution in [0.4, 0.5) is 26.2 Å². The summed E-state index contributed by atoms with van der Waals surface area (Å²) in [6.07, 6.45) is -0.559. The SMILES string of the molecule is CNC(=O)CCn1c(=O)c(=O)n(CC2COC2)c2ccc(Nc3nc(N4C[C@@H](O)C(F)(F)[C@@H](C)C4)ncc3Cl)cc21. The number of hydrogen-bond acceptors (Lipinski definition) is 9. The number of anilines is 3. The third kappa shape index (κ3) is 5.63. The lowest BCUT2D eigenvalue weighted by Crippen LogP contribution is -2.56. The number of carbonyl (C=O) groups is 1. The molecule has 0 saturated carbocycles. The van der Waals surface area contributed by atoms with Gasteiger partial charge >= 0.3 is 11.1 Å². The largest absolute Gasteiger partial charge is 0.385 e. The zero-order chi connectivity index (χ0) is 29.5. The van der Waals surface area contributed by atoms with Crippen LogP contribution in [0.1, 0.15) is 13.3 Å². The maximum absolute atomic E-state index is 14.1. The van der Waals surface area contributed by atoms with Crippen molar-refractivity contribution in [2.24, 2.45) is 11.8 Å². The van der Waals surface area contributed by atoms with Gasteiger partial charge in [0.05, 0.1) is 37.0 Å². The predicted octanol–water partition coefficient (Wildman–Crippen LogP) is 1.58. The molecule has 0 radical (unpaired) electrons. The highest BCUT2D eigenvalue weighted by molar-refractivity contribution is 6.32. The van der Waals surface area contributed by atoms with E-state index < -0.39 is 29.1 Å². The van der Waals surface area contributed by atoms with Crippen molar-refractivity contribution in [1.29, 1.82) is 0 Å². The van der Waals surface area contributed by atoms with E-state index in [9.17, 15) is 28.3 Å². The van der Waals surface area contributed by atoms with Crippen molar-refractivity contribution in [1.82, 2.24) is 24.4 Å². The summed E-state index contributed by atoms with van der Waals surface area (Å²) in [5.41, 5.74) is -0.0438. The maximum atomic E-state index is 14.1. The zero-order valence-electron chi connectivity index (χ0n) is 22.4. The van der Waals surface area contributed by atoms with E-state index in [-0.39, 0.29) is 54.7 Å². The van der Waals surface area contributed by atoms with Gasteiger partial charge in [0.1, 0.15) is 11.1 Å². The molecule has 4 heterocycles. The summed E-state index contributed by atoms with van der Waals surface area (Å²) < 4.78 is 36.2. The number of fused-ring (bicyclic) bond motifs is 1. The molecule has 2 saturated heterocycles. The normalized spacial score (nSPS) is 20.6. The molecule has 3 aromatic rings. The van der Waals surface area contributed by atoms with Gasteiger partial charge in [-0.15, -0.1) is 0 Å². The van der Waals surface area contributed by atoms with E-state index in [1.165, 1.54) is 34.2 Å². The van der Waals surface area contributed by atoms with E-state index in [1.807, 2.05) is 0 Å². The number of nitrogens with one attached hydrogen (secondary N) is 2. The van der Waals surface area contributed by atoms with Gasteiger partial charge in [0.25, 0.3) is 5.92 Å². The molecule has 2 fully saturated rings. The van der Waals surface area contributed by atoms with Crippen molar-refractivity contribution in [3.63, 3.8) is 0 Å². The van der Waals surface area contributed by atoms with Gasteiger partial charge in [-0.3, -0.25) is 14.4 Å². The number of rotatable bonds is 8. The summed E-state index contributed by atoms with van der Waals surface area (Å²) in [5.74, 6) is -4.25. The minimum atomic E-state index is -3.23. The summed E-state index contributed by atoms with van der Waals surface area (Å²) in [4.78, 5) is 48.2. The van der Waals surface area contributed by atoms with Gasteiger partial charge < -0.3 is 34.5 Å². The number of nitrogens with zero attached hydrogens (tertiary/aromatic N) is 5. The Morgan fingerprint density at radius 3 is 2.59 bits per heavy atom. The number of aliphatic hydroxyl groups excluding tert-OH is 1. The number of aromatic nitrogens is 4. The number of hydrogen-bond donors (Lipinski definition) is 3. The second-order valence-corrected chi connectivity index (χ2v) is 10.8. The van der Waals surface area contributed by atoms with E-state index in [4.69, 9.17) is 16.3 Å². The van der Waals surface area contributed by atoms with Gasteiger partial charge in [-0.25, -0.2) is 13.8 Å². The molecule has 2 aliphatic rings. The summed E-state index contributed by atoms with van der Waals surface area (Å²) in [7, 11) is 1.49. The smallest absolute Gasteiger partial charge is 0.316 e. The Kier molecular flexibility index (Phi) is 7.99. The zero-order valence-corrected chi connectivity index (χ0v) is 23.2. The van der Waals surface area contributed by atoms with Crippen molar-refractivity contribution >= 4 is 46.0 Å². The average molecular weight is 594 g/mol. The second-order valence-electron chi connectivity index (χ2n) is 10.4. The maximum Gasteiger partial charge on any atom is 0.316 e. The van der Waals surface area contributed by atoms with Crippen LogP contribution < -0.4 is 26.7 Å². The molecule has 0 spiro atoms. The Morgan fingerprint density at radius 2 is 1.93 bits per heavy atom. The topological polar surface area (TPSA) is 144 Å². The highest BCUT2D eigenvalue weighted by Gasteiger charge is 2.49. The van der Waals surface area contributed by atoms with E-state index in [0.717, 1.165) is 0 Å². The molecule has 41 heavy (non-hydrogen) atoms. The number of aryl methyl sites for hydroxylation is 1. The third-order valence-corrected chi connectivity index (χ3v) is 7.76. The third-order valence-electron chi connectivity index (χ3n) is 7.49. The van der Waals surface area contributed by atoms with Gasteiger partial charge in [-0.1, -0.05) is 18.5 Å². The Morgan fingerprint density at radius 1 is 1.20 bits per heavy atom. The molecule has 220 valence electrons. The molecule has 15 heteroatoms. The highest BCUT2D eigenvalue weighted by atomic mass is 35.5. The van der Waals surface area contributed by atoms with Crippen molar-refractivity contribution in [2.45, 2.75) is 38.5 Å². The van der Waals surface area contributed by atoms with Crippen LogP contribution in [0, 0.1) is 11.8 Å². The summed E-state index contributed by atoms with van der Waals surface area (Å²) in [6, 6.07) is 5.03. The van der Waals surface area contributed by atoms with Crippen LogP contribution in [-0.4, -0.2) is 75.5 Å². The fourth-order valence-corrected chi connectivity index (χ4v) is 5.11. The fraction of sp³-hybridized carbons (Fsp3) is 0.500. The Balaban J connectivity index is 1.51. The Bertz CT molecular complexity index is 1580. The number of aliphatic hydroxyl groups is 1. The van der Waals surface area contributed by atoms with Gasteiger partial charge in [-0.05, 0) is 18.2 Å². The van der Waals surface area contributed by atoms with Crippen LogP contribution in [0.25, 0.3) is 11.0 Å². The number of piperidine rings is 1. The van der Waals surface area contributed by atoms with E-state index in [0.29, 0.717) is 36.5 Å². The molecule has 0 bridgehead atoms. The molecule has 2 aliphatic heterocycles. The standard InChI is InChI=1S/C26H30ClF2N7O5/c1-14-9-34(11-20(37)26(14,28)29)25-31-8-17(27)22(33-25)32-16-3-4-18-19(7-16)35(6-5-21(38)30-2)23(39)24(40)36(18)10-15-12-41-13-15/h3-4,7-8,14-15,20,37H,5-6,9-13H2,1-2H3,(H,30,38)(H,31,32,33)/t14-,20+/m0/s1. The summed E-state index contributed by atoms with van der Waals surface area (Å²) >= 11 is 6.36. The van der Waals surface area contributed by atoms with E-state index in [1.54, 1.807) is 18.2 Å². The lowest BCUT2D eigenvalue weighted by Gasteiger charge is -2.40. The van der Waals surface area contributed by atoms with Gasteiger partial charge in [-0.2, -0.15) is 4.98 Å². The molecule has 2 atom stereocenters. The van der Waals surface area contributed by atoms with Crippen molar-refractivity contribution in [3.8, 4) is 0 Å². The summed E-state index contributed by atoms with van der Waals surface area (Å²) in [6.45, 7) is 2.21. The fourth-order valence-electron chi connectivity index (χ4n) is 4.97. The first-order valence-corrected chi connectivity index (χ1v) is 13.5. The number of halogens is 3. The van der Waals surface area contributed by atoms with Gasteiger partial charge in [0, 0.05) is 50.6 Å². The lowest BCUT2D eigenvalue weighted by molar-refractivity contribution is -0.149. The minimum absolute atomic E-state index is 0.0106. The summed E-state index contributed by atoms with van der Waals surface area (Å²) in [5, 5.41) is 15.7. The quantitative estimate of drug-likeness (QED) is 0.332. The number of alkyl halides is 2. The minimum Gasteiger partial charge on any atom is -0.385 e. The molecule has 12 nitrogen and oxygen atoms in total. The first-order chi connectivity index (χ1) is 19.5. The van der Waals surface area contributed by atoms with E-state index >= 15 is 0 Å². The first kappa shape index (κ1) is 28.9. The van der Waals surface area contributed by atoms with E-state index in [2.05, 4.69) is 20.6 Å². The van der Waals surface area contributed by atoms with Crippen LogP contribution in [-0.2, 0) is 22.6 Å². The second kappa shape index (κ2) is 11.3. The highest BCUT2D eigenvalue weighted by Crippen LogP contribution is 2.35. The van der Waals surface area contributed by atoms with Gasteiger partial charge in [0.15, 0.2) is 5.82 Å². The number of ether oxygens (including phenoxy) is 1. The van der Waals surface area contributed by atoms with Gasteiger partial charge in [0.2, 0.25) is 11.9 Å². The first-order valence-electron chi connectivity index (χ1n) is 13.2. The number of β-amino-alcohol motifs (C(OH)–C–C–N with tert-alkyl or cyclic N) is 1. The van der Waals surface area contributed by atoms with Crippen molar-refractivity contribution in [3.05, 3.63) is 50.1 Å². The monoisotopic (exact) mass is 593 g/mol. The predicted molar refractivity (Wildman–Crippen MR) is 148 cm³/mol. The molecular formula is C26H30ClF2N7O5. The van der Waals surface area contributed by atoms with Crippen LogP contribution >= 0.6 is 11.6 Å². The lowest BCUT2D eigenvalue weighted by atomic mass is 9.93. The molecule has 5 rings (SSSR count). The molecule has 1 amide bonds. The number of amides is 1. The molecule has 0 unspecified atom stereocenters. The molecular weight excluding hydrogens is 564 g/mol. The Hall–Kier alpha value is -3.62. The number of carbonyl (C=O) groups excluding carboxylic acids is 1. The van der Waals surface area contributed by atoms with Crippen molar-refractivity contribution in [2.75, 3.05) is 43.6 Å². The van der Waals surface area contributed by atoms with Crippen LogP contribution in [0.3, 0.4) is 0 Å². The molecule has 3 N–H and O–H groups in total. The van der Waals surface area contributed by atoms with Crippen LogP contribution in [0.2, 0.25) is 5.02 Å². The molecule has 1 aromatic carbocycles. The molecule has 0 aliphatic carbocycles. The average Bonchev–Trinajstić information content (AvgIpc) is 2.92. The van der Waals surface area contributed by atoms with Crippen LogP contribution in [0.5, 0.6) is 0 Å². The number of benzene rings is 1. The van der Waals surface area contributed by atoms with Crippen LogP contribution in [0.15, 0.2) is 34.0 Å².